The summed E-state index contributed by atoms with van der Waals surface area (Å²) in [4.78, 5) is 23.1. The summed E-state index contributed by atoms with van der Waals surface area (Å²) in [5.74, 6) is 0. The lowest BCUT2D eigenvalue weighted by Gasteiger charge is -2.04. The topological polar surface area (TPSA) is 88.0 Å². The van der Waals surface area contributed by atoms with Crippen molar-refractivity contribution >= 4 is 0 Å². The van der Waals surface area contributed by atoms with E-state index in [1.807, 2.05) is 0 Å². The van der Waals surface area contributed by atoms with E-state index < -0.39 is 5.69 Å². The Morgan fingerprint density at radius 1 is 1.29 bits per heavy atom. The maximum atomic E-state index is 11.8. The van der Waals surface area contributed by atoms with Gasteiger partial charge in [-0.2, -0.15) is 5.10 Å². The second-order valence-electron chi connectivity index (χ2n) is 3.97. The van der Waals surface area contributed by atoms with Crippen LogP contribution in [0, 0.1) is 0 Å². The summed E-state index contributed by atoms with van der Waals surface area (Å²) >= 11 is 0. The standard InChI is InChI=1S/C11H19N3O3/c1-2-3-4-5-6-9-10(16)14(7-8-15)11(17)13-12-9/h15H,2-8H2,1H3,(H,13,17). The highest BCUT2D eigenvalue weighted by atomic mass is 16.3. The Kier molecular flexibility index (Phi) is 5.62. The first-order valence-electron chi connectivity index (χ1n) is 6.00. The van der Waals surface area contributed by atoms with Crippen LogP contribution in [0.25, 0.3) is 0 Å². The summed E-state index contributed by atoms with van der Waals surface area (Å²) in [6, 6.07) is 0. The van der Waals surface area contributed by atoms with Crippen molar-refractivity contribution in [3.63, 3.8) is 0 Å². The highest BCUT2D eigenvalue weighted by Gasteiger charge is 2.07. The molecule has 0 unspecified atom stereocenters. The van der Waals surface area contributed by atoms with Gasteiger partial charge in [-0.1, -0.05) is 26.2 Å². The van der Waals surface area contributed by atoms with Crippen molar-refractivity contribution in [2.45, 2.75) is 45.6 Å². The molecule has 0 spiro atoms. The molecule has 0 bridgehead atoms. The lowest BCUT2D eigenvalue weighted by Crippen LogP contribution is -2.39. The zero-order chi connectivity index (χ0) is 12.7. The van der Waals surface area contributed by atoms with Gasteiger partial charge < -0.3 is 5.11 Å². The molecule has 1 rings (SSSR count). The van der Waals surface area contributed by atoms with E-state index in [-0.39, 0.29) is 18.7 Å². The van der Waals surface area contributed by atoms with Gasteiger partial charge >= 0.3 is 5.69 Å². The minimum absolute atomic E-state index is 0.0125. The summed E-state index contributed by atoms with van der Waals surface area (Å²) < 4.78 is 0.988. The lowest BCUT2D eigenvalue weighted by atomic mass is 10.1. The fraction of sp³-hybridized carbons (Fsp3) is 0.727. The molecule has 17 heavy (non-hydrogen) atoms. The highest BCUT2D eigenvalue weighted by molar-refractivity contribution is 4.94. The average Bonchev–Trinajstić information content (AvgIpc) is 2.32. The van der Waals surface area contributed by atoms with Crippen molar-refractivity contribution in [3.05, 3.63) is 26.5 Å². The normalized spacial score (nSPS) is 10.7. The van der Waals surface area contributed by atoms with E-state index >= 15 is 0 Å². The number of rotatable bonds is 7. The molecule has 1 aromatic heterocycles. The van der Waals surface area contributed by atoms with Crippen LogP contribution in [0.3, 0.4) is 0 Å². The molecule has 0 saturated carbocycles. The Bertz CT molecular complexity index is 450. The fourth-order valence-electron chi connectivity index (χ4n) is 1.66. The van der Waals surface area contributed by atoms with Gasteiger partial charge in [-0.05, 0) is 12.8 Å². The summed E-state index contributed by atoms with van der Waals surface area (Å²) in [6.45, 7) is 1.90. The van der Waals surface area contributed by atoms with Crippen LogP contribution in [0.1, 0.15) is 38.3 Å². The average molecular weight is 241 g/mol. The zero-order valence-corrected chi connectivity index (χ0v) is 10.1. The minimum atomic E-state index is -0.568. The summed E-state index contributed by atoms with van der Waals surface area (Å²) in [7, 11) is 0. The van der Waals surface area contributed by atoms with Crippen LogP contribution in [-0.4, -0.2) is 26.5 Å². The van der Waals surface area contributed by atoms with Crippen molar-refractivity contribution in [1.82, 2.24) is 14.8 Å². The predicted molar refractivity (Wildman–Crippen MR) is 64.0 cm³/mol. The van der Waals surface area contributed by atoms with Gasteiger partial charge in [0.25, 0.3) is 5.56 Å². The summed E-state index contributed by atoms with van der Waals surface area (Å²) in [5, 5.41) is 14.8. The molecule has 0 atom stereocenters. The molecule has 1 aromatic rings. The minimum Gasteiger partial charge on any atom is -0.395 e. The number of H-pyrrole nitrogens is 1. The first-order chi connectivity index (χ1) is 8.20. The van der Waals surface area contributed by atoms with E-state index in [1.54, 1.807) is 0 Å². The van der Waals surface area contributed by atoms with Crippen LogP contribution < -0.4 is 11.2 Å². The highest BCUT2D eigenvalue weighted by Crippen LogP contribution is 2.01. The van der Waals surface area contributed by atoms with Crippen LogP contribution in [0.5, 0.6) is 0 Å². The maximum Gasteiger partial charge on any atom is 0.344 e. The molecule has 0 radical (unpaired) electrons. The molecule has 2 N–H and O–H groups in total. The van der Waals surface area contributed by atoms with Crippen LogP contribution in [-0.2, 0) is 13.0 Å². The SMILES string of the molecule is CCCCCCc1n[nH]c(=O)n(CCO)c1=O. The van der Waals surface area contributed by atoms with Crippen LogP contribution in [0.2, 0.25) is 0 Å². The number of hydrogen-bond donors (Lipinski definition) is 2. The number of aliphatic hydroxyl groups excluding tert-OH is 1. The Morgan fingerprint density at radius 2 is 2.06 bits per heavy atom. The number of nitrogens with zero attached hydrogens (tertiary/aromatic N) is 2. The van der Waals surface area contributed by atoms with E-state index in [4.69, 9.17) is 5.11 Å². The molecule has 6 heteroatoms. The van der Waals surface area contributed by atoms with Crippen LogP contribution in [0.15, 0.2) is 9.59 Å². The number of aryl methyl sites for hydroxylation is 1. The molecule has 0 aliphatic carbocycles. The Balaban J connectivity index is 2.76. The van der Waals surface area contributed by atoms with Crippen molar-refractivity contribution in [2.24, 2.45) is 0 Å². The maximum absolute atomic E-state index is 11.8. The van der Waals surface area contributed by atoms with Crippen LogP contribution in [0.4, 0.5) is 0 Å². The Hall–Kier alpha value is -1.43. The van der Waals surface area contributed by atoms with Gasteiger partial charge in [-0.25, -0.2) is 9.89 Å². The summed E-state index contributed by atoms with van der Waals surface area (Å²) in [5.41, 5.74) is -0.588. The first kappa shape index (κ1) is 13.6. The third-order valence-corrected chi connectivity index (χ3v) is 2.61. The monoisotopic (exact) mass is 241 g/mol. The molecule has 1 heterocycles. The van der Waals surface area contributed by atoms with Crippen molar-refractivity contribution in [3.8, 4) is 0 Å². The number of aliphatic hydroxyl groups is 1. The molecule has 96 valence electrons. The molecular formula is C11H19N3O3. The summed E-state index contributed by atoms with van der Waals surface area (Å²) in [6.07, 6.45) is 4.78. The molecule has 6 nitrogen and oxygen atoms in total. The Morgan fingerprint density at radius 3 is 2.71 bits per heavy atom. The second-order valence-corrected chi connectivity index (χ2v) is 3.97. The van der Waals surface area contributed by atoms with Gasteiger partial charge in [0, 0.05) is 0 Å². The molecule has 0 fully saturated rings. The van der Waals surface area contributed by atoms with Gasteiger partial charge in [0.05, 0.1) is 13.2 Å². The molecule has 0 aliphatic heterocycles. The van der Waals surface area contributed by atoms with Gasteiger partial charge in [0.15, 0.2) is 0 Å². The van der Waals surface area contributed by atoms with Crippen molar-refractivity contribution < 1.29 is 5.11 Å². The second kappa shape index (κ2) is 7.01. The molecule has 0 saturated heterocycles. The first-order valence-corrected chi connectivity index (χ1v) is 6.00. The van der Waals surface area contributed by atoms with E-state index in [2.05, 4.69) is 17.1 Å². The number of nitrogens with one attached hydrogen (secondary N) is 1. The quantitative estimate of drug-likeness (QED) is 0.660. The number of unbranched alkanes of at least 4 members (excludes halogenated alkanes) is 3. The number of aromatic amines is 1. The largest absolute Gasteiger partial charge is 0.395 e. The van der Waals surface area contributed by atoms with E-state index in [0.717, 1.165) is 30.3 Å². The van der Waals surface area contributed by atoms with Gasteiger partial charge in [0.2, 0.25) is 0 Å². The van der Waals surface area contributed by atoms with Gasteiger partial charge in [-0.3, -0.25) is 9.36 Å². The predicted octanol–water partition coefficient (Wildman–Crippen LogP) is 0.0467. The third-order valence-electron chi connectivity index (χ3n) is 2.61. The van der Waals surface area contributed by atoms with E-state index in [9.17, 15) is 9.59 Å². The fourth-order valence-corrected chi connectivity index (χ4v) is 1.66. The molecule has 0 amide bonds. The number of hydrogen-bond acceptors (Lipinski definition) is 4. The Labute approximate surface area is 99.3 Å². The van der Waals surface area contributed by atoms with E-state index in [1.165, 1.54) is 0 Å². The molecule has 0 aromatic carbocycles. The van der Waals surface area contributed by atoms with Crippen molar-refractivity contribution in [2.75, 3.05) is 6.61 Å². The molecular weight excluding hydrogens is 222 g/mol. The molecule has 0 aliphatic rings. The third kappa shape index (κ3) is 3.81. The van der Waals surface area contributed by atoms with Crippen molar-refractivity contribution in [1.29, 1.82) is 0 Å². The van der Waals surface area contributed by atoms with Gasteiger partial charge in [0.1, 0.15) is 5.69 Å². The zero-order valence-electron chi connectivity index (χ0n) is 10.1. The lowest BCUT2D eigenvalue weighted by molar-refractivity contribution is 0.270. The smallest absolute Gasteiger partial charge is 0.344 e. The number of aromatic nitrogens is 3. The van der Waals surface area contributed by atoms with Gasteiger partial charge in [-0.15, -0.1) is 0 Å². The van der Waals surface area contributed by atoms with Crippen LogP contribution >= 0.6 is 0 Å². The van der Waals surface area contributed by atoms with E-state index in [0.29, 0.717) is 12.1 Å².